The van der Waals surface area contributed by atoms with Crippen molar-refractivity contribution in [2.75, 3.05) is 0 Å². The number of para-hydroxylation sites is 2. The van der Waals surface area contributed by atoms with Crippen molar-refractivity contribution in [2.24, 2.45) is 0 Å². The van der Waals surface area contributed by atoms with Crippen LogP contribution < -0.4 is 0 Å². The third-order valence-corrected chi connectivity index (χ3v) is 5.21. The Labute approximate surface area is 242 Å². The molecule has 2 N–H and O–H groups in total. The summed E-state index contributed by atoms with van der Waals surface area (Å²) in [5.41, 5.74) is 0.774. The van der Waals surface area contributed by atoms with Crippen LogP contribution in [0.15, 0.2) is 97.1 Å². The van der Waals surface area contributed by atoms with Crippen LogP contribution in [-0.2, 0) is 38.6 Å². The van der Waals surface area contributed by atoms with E-state index < -0.39 is 35.0 Å². The van der Waals surface area contributed by atoms with Crippen LogP contribution >= 0.6 is 0 Å². The molecule has 9 heteroatoms. The van der Waals surface area contributed by atoms with Gasteiger partial charge in [0.2, 0.25) is 0 Å². The maximum absolute atomic E-state index is 11.9. The molecule has 0 heterocycles. The van der Waals surface area contributed by atoms with E-state index in [4.69, 9.17) is 10.2 Å². The molecule has 4 aromatic carbocycles. The van der Waals surface area contributed by atoms with E-state index in [1.54, 1.807) is 0 Å². The van der Waals surface area contributed by atoms with Gasteiger partial charge in [0.1, 0.15) is 11.5 Å². The molecule has 0 atom stereocenters. The van der Waals surface area contributed by atoms with Crippen molar-refractivity contribution in [3.63, 3.8) is 0 Å². The van der Waals surface area contributed by atoms with Gasteiger partial charge in [0.05, 0.1) is 11.1 Å². The van der Waals surface area contributed by atoms with E-state index in [1.807, 2.05) is 12.2 Å². The van der Waals surface area contributed by atoms with Gasteiger partial charge in [-0.05, 0) is 24.3 Å². The number of phenolic OH excluding ortho intramolecular Hbond substituents is 2. The van der Waals surface area contributed by atoms with Crippen LogP contribution in [-0.4, -0.2) is 10.2 Å². The third-order valence-electron chi connectivity index (χ3n) is 5.21. The molecule has 5 rings (SSSR count). The number of rotatable bonds is 0. The number of aryl methyl sites for hydroxylation is 2. The van der Waals surface area contributed by atoms with Gasteiger partial charge in [-0.1, -0.05) is 44.2 Å². The molecule has 0 aromatic heterocycles. The second-order valence-corrected chi connectivity index (χ2v) is 8.09. The van der Waals surface area contributed by atoms with Crippen LogP contribution in [0, 0.1) is 19.9 Å². The zero-order valence-electron chi connectivity index (χ0n) is 21.1. The molecule has 0 saturated heterocycles. The molecule has 39 heavy (non-hydrogen) atoms. The first-order valence-electron chi connectivity index (χ1n) is 11.4. The van der Waals surface area contributed by atoms with Crippen molar-refractivity contribution in [2.45, 2.75) is 32.6 Å². The normalized spacial score (nSPS) is 11.8. The predicted octanol–water partition coefficient (Wildman–Crippen LogP) is 9.30. The predicted molar refractivity (Wildman–Crippen MR) is 137 cm³/mol. The Kier molecular flexibility index (Phi) is 13.4. The number of fused-ring (bicyclic) bond motifs is 1. The van der Waals surface area contributed by atoms with Crippen LogP contribution in [0.1, 0.15) is 28.7 Å². The number of benzene rings is 3. The number of halogens is 6. The van der Waals surface area contributed by atoms with Gasteiger partial charge >= 0.3 is 38.6 Å². The van der Waals surface area contributed by atoms with E-state index in [-0.39, 0.29) is 26.2 Å². The maximum atomic E-state index is 11.9. The van der Waals surface area contributed by atoms with Crippen LogP contribution in [0.25, 0.3) is 10.8 Å². The first-order valence-corrected chi connectivity index (χ1v) is 11.4. The first kappa shape index (κ1) is 33.8. The summed E-state index contributed by atoms with van der Waals surface area (Å²) in [4.78, 5) is 0. The first-order chi connectivity index (χ1) is 17.8. The number of phenols is 2. The molecule has 0 spiro atoms. The Morgan fingerprint density at radius 3 is 1.54 bits per heavy atom. The van der Waals surface area contributed by atoms with Gasteiger partial charge < -0.3 is 10.2 Å². The number of hydrogen-bond donors (Lipinski definition) is 2. The molecule has 1 aliphatic rings. The molecule has 2 nitrogen and oxygen atoms in total. The summed E-state index contributed by atoms with van der Waals surface area (Å²) in [5, 5.41) is 20.2. The van der Waals surface area contributed by atoms with E-state index in [2.05, 4.69) is 56.3 Å². The minimum atomic E-state index is -4.47. The van der Waals surface area contributed by atoms with E-state index >= 15 is 0 Å². The smallest absolute Gasteiger partial charge is 0.507 e. The van der Waals surface area contributed by atoms with Crippen molar-refractivity contribution in [1.82, 2.24) is 0 Å². The SMILES string of the molecule is Cc1c[c-](C)c2ccccc12.Oc1ccccc1C(F)(F)F.Oc1ccccc1C(F)(F)F.[C-]1=CC=CC1.[Zr+2]. The minimum Gasteiger partial charge on any atom is -0.507 e. The fourth-order valence-electron chi connectivity index (χ4n) is 3.42. The molecule has 0 aliphatic heterocycles. The molecular formula is C30H26F6O2Zr. The molecule has 204 valence electrons. The monoisotopic (exact) mass is 622 g/mol. The third kappa shape index (κ3) is 10.8. The Bertz CT molecular complexity index is 1270. The van der Waals surface area contributed by atoms with Gasteiger partial charge in [-0.15, -0.1) is 47.0 Å². The summed E-state index contributed by atoms with van der Waals surface area (Å²) >= 11 is 0. The summed E-state index contributed by atoms with van der Waals surface area (Å²) in [6.45, 7) is 4.32. The molecule has 4 aromatic rings. The molecule has 0 bridgehead atoms. The van der Waals surface area contributed by atoms with Gasteiger partial charge in [-0.2, -0.15) is 38.0 Å². The molecular weight excluding hydrogens is 598 g/mol. The number of hydrogen-bond acceptors (Lipinski definition) is 2. The van der Waals surface area contributed by atoms with Crippen molar-refractivity contribution in [3.05, 3.63) is 125 Å². The molecule has 0 radical (unpaired) electrons. The Balaban J connectivity index is 0.000000265. The molecule has 0 fully saturated rings. The molecule has 0 saturated carbocycles. The average molecular weight is 624 g/mol. The molecule has 0 unspecified atom stereocenters. The van der Waals surface area contributed by atoms with Gasteiger partial charge in [0.25, 0.3) is 0 Å². The Morgan fingerprint density at radius 2 is 1.21 bits per heavy atom. The Morgan fingerprint density at radius 1 is 0.744 bits per heavy atom. The van der Waals surface area contributed by atoms with Crippen LogP contribution in [0.5, 0.6) is 11.5 Å². The second-order valence-electron chi connectivity index (χ2n) is 8.09. The zero-order valence-corrected chi connectivity index (χ0v) is 23.6. The molecule has 1 aliphatic carbocycles. The van der Waals surface area contributed by atoms with Crippen LogP contribution in [0.2, 0.25) is 0 Å². The van der Waals surface area contributed by atoms with Crippen LogP contribution in [0.3, 0.4) is 0 Å². The van der Waals surface area contributed by atoms with Crippen molar-refractivity contribution < 1.29 is 62.8 Å². The number of alkyl halides is 6. The van der Waals surface area contributed by atoms with Gasteiger partial charge in [-0.25, -0.2) is 12.2 Å². The summed E-state index contributed by atoms with van der Waals surface area (Å²) in [6, 6.07) is 19.6. The van der Waals surface area contributed by atoms with Gasteiger partial charge in [-0.3, -0.25) is 6.08 Å². The second kappa shape index (κ2) is 15.4. The summed E-state index contributed by atoms with van der Waals surface area (Å²) in [7, 11) is 0. The summed E-state index contributed by atoms with van der Waals surface area (Å²) in [6.07, 6.45) is 1.07. The number of allylic oxidation sites excluding steroid dienone is 4. The summed E-state index contributed by atoms with van der Waals surface area (Å²) in [5.74, 6) is -1.47. The summed E-state index contributed by atoms with van der Waals surface area (Å²) < 4.78 is 71.3. The van der Waals surface area contributed by atoms with Gasteiger partial charge in [0.15, 0.2) is 0 Å². The van der Waals surface area contributed by atoms with E-state index in [1.165, 1.54) is 46.2 Å². The minimum absolute atomic E-state index is 0. The topological polar surface area (TPSA) is 40.5 Å². The zero-order chi connectivity index (χ0) is 28.3. The Hall–Kier alpha value is -3.19. The van der Waals surface area contributed by atoms with Crippen molar-refractivity contribution in [1.29, 1.82) is 0 Å². The van der Waals surface area contributed by atoms with Gasteiger partial charge in [0, 0.05) is 0 Å². The fourth-order valence-corrected chi connectivity index (χ4v) is 3.42. The molecule has 0 amide bonds. The standard InChI is InChI=1S/C11H11.2C7H5F3O.C5H5.Zr/c1-8-7-9(2)11-6-4-3-5-10(8)11;2*8-7(9,10)5-3-1-2-4-6(5)11;1-2-4-5-3-1;/h3-7H,1-2H3;2*1-4,11H;1-3H,4H2;/q-1;;;-1;+2. The van der Waals surface area contributed by atoms with E-state index in [0.717, 1.165) is 30.7 Å². The van der Waals surface area contributed by atoms with Crippen LogP contribution in [0.4, 0.5) is 26.3 Å². The van der Waals surface area contributed by atoms with E-state index in [0.29, 0.717) is 0 Å². The van der Waals surface area contributed by atoms with E-state index in [9.17, 15) is 26.3 Å². The fraction of sp³-hybridized carbons (Fsp3) is 0.167. The maximum Gasteiger partial charge on any atom is 2.00 e. The number of aromatic hydroxyl groups is 2. The average Bonchev–Trinajstić information content (AvgIpc) is 3.52. The largest absolute Gasteiger partial charge is 2.00 e. The van der Waals surface area contributed by atoms with Crippen molar-refractivity contribution in [3.8, 4) is 11.5 Å². The quantitative estimate of drug-likeness (QED) is 0.151. The van der Waals surface area contributed by atoms with Crippen molar-refractivity contribution >= 4 is 10.8 Å².